The first-order chi connectivity index (χ1) is 12.7. The fourth-order valence-electron chi connectivity index (χ4n) is 1.94. The zero-order valence-electron chi connectivity index (χ0n) is 13.5. The number of carbonyl (C=O) groups excluding carboxylic acids is 2. The predicted molar refractivity (Wildman–Crippen MR) is 90.6 cm³/mol. The number of para-hydroxylation sites is 1. The molecule has 1 N–H and O–H groups in total. The Morgan fingerprint density at radius 1 is 1.07 bits per heavy atom. The first-order valence-electron chi connectivity index (χ1n) is 7.36. The number of ether oxygens (including phenoxy) is 2. The number of hydrogen-bond acceptors (Lipinski definition) is 4. The number of anilines is 1. The van der Waals surface area contributed by atoms with E-state index in [9.17, 15) is 27.2 Å². The molecule has 2 aromatic rings. The zero-order chi connectivity index (χ0) is 20.0. The number of hydrogen-bond donors (Lipinski definition) is 1. The van der Waals surface area contributed by atoms with Crippen LogP contribution in [0, 0.1) is 5.82 Å². The molecule has 0 aromatic heterocycles. The summed E-state index contributed by atoms with van der Waals surface area (Å²) < 4.78 is 61.5. The lowest BCUT2D eigenvalue weighted by Gasteiger charge is -2.13. The van der Waals surface area contributed by atoms with E-state index in [-0.39, 0.29) is 10.2 Å². The minimum absolute atomic E-state index is 0.178. The number of alkyl halides is 3. The Balaban J connectivity index is 1.84. The van der Waals surface area contributed by atoms with E-state index >= 15 is 0 Å². The Bertz CT molecular complexity index is 842. The second-order valence-electron chi connectivity index (χ2n) is 5.12. The molecular weight excluding hydrogens is 438 g/mol. The number of amides is 1. The lowest BCUT2D eigenvalue weighted by Crippen LogP contribution is -2.24. The van der Waals surface area contributed by atoms with Crippen molar-refractivity contribution in [2.45, 2.75) is 6.18 Å². The maximum atomic E-state index is 12.9. The Kier molecular flexibility index (Phi) is 6.78. The van der Waals surface area contributed by atoms with Crippen LogP contribution in [0.25, 0.3) is 0 Å². The third-order valence-corrected chi connectivity index (χ3v) is 3.73. The van der Waals surface area contributed by atoms with Crippen molar-refractivity contribution in [1.82, 2.24) is 0 Å². The van der Waals surface area contributed by atoms with E-state index in [0.717, 1.165) is 24.3 Å². The van der Waals surface area contributed by atoms with Crippen LogP contribution in [-0.4, -0.2) is 25.1 Å². The Morgan fingerprint density at radius 2 is 1.78 bits per heavy atom. The summed E-state index contributed by atoms with van der Waals surface area (Å²) in [4.78, 5) is 23.3. The van der Waals surface area contributed by atoms with Gasteiger partial charge in [-0.25, -0.2) is 9.18 Å². The van der Waals surface area contributed by atoms with Crippen LogP contribution in [0.2, 0.25) is 0 Å². The van der Waals surface area contributed by atoms with Gasteiger partial charge in [0.15, 0.2) is 13.2 Å². The van der Waals surface area contributed by atoms with Crippen molar-refractivity contribution < 1.29 is 36.6 Å². The highest BCUT2D eigenvalue weighted by Crippen LogP contribution is 2.34. The van der Waals surface area contributed by atoms with E-state index in [2.05, 4.69) is 20.7 Å². The molecule has 0 fully saturated rings. The van der Waals surface area contributed by atoms with Gasteiger partial charge in [0.05, 0.1) is 15.7 Å². The van der Waals surface area contributed by atoms with Gasteiger partial charge in [-0.15, -0.1) is 0 Å². The minimum Gasteiger partial charge on any atom is -0.481 e. The molecule has 2 aromatic carbocycles. The molecule has 2 rings (SSSR count). The Hall–Kier alpha value is -2.62. The van der Waals surface area contributed by atoms with E-state index < -0.39 is 48.3 Å². The van der Waals surface area contributed by atoms with Gasteiger partial charge in [-0.1, -0.05) is 12.1 Å². The summed E-state index contributed by atoms with van der Waals surface area (Å²) in [6, 6.07) is 7.94. The highest BCUT2D eigenvalue weighted by atomic mass is 79.9. The minimum atomic E-state index is -4.64. The summed E-state index contributed by atoms with van der Waals surface area (Å²) in [5.41, 5.74) is -1.47. The van der Waals surface area contributed by atoms with Crippen LogP contribution in [0.3, 0.4) is 0 Å². The number of rotatable bonds is 6. The summed E-state index contributed by atoms with van der Waals surface area (Å²) in [7, 11) is 0. The largest absolute Gasteiger partial charge is 0.481 e. The molecule has 0 saturated carbocycles. The molecule has 5 nitrogen and oxygen atoms in total. The van der Waals surface area contributed by atoms with Gasteiger partial charge < -0.3 is 14.8 Å². The lowest BCUT2D eigenvalue weighted by atomic mass is 10.1. The SMILES string of the molecule is O=C(COC(=O)COc1ccc(F)cc1Br)Nc1ccccc1C(F)(F)F. The molecule has 1 amide bonds. The second kappa shape index (κ2) is 8.85. The molecule has 144 valence electrons. The smallest absolute Gasteiger partial charge is 0.418 e. The summed E-state index contributed by atoms with van der Waals surface area (Å²) in [5.74, 6) is -2.20. The molecule has 0 unspecified atom stereocenters. The highest BCUT2D eigenvalue weighted by Gasteiger charge is 2.33. The van der Waals surface area contributed by atoms with Gasteiger partial charge >= 0.3 is 12.1 Å². The maximum Gasteiger partial charge on any atom is 0.418 e. The molecule has 0 atom stereocenters. The van der Waals surface area contributed by atoms with E-state index in [1.165, 1.54) is 18.2 Å². The molecule has 0 saturated heterocycles. The number of nitrogens with one attached hydrogen (secondary N) is 1. The summed E-state index contributed by atoms with van der Waals surface area (Å²) in [6.07, 6.45) is -4.64. The molecule has 0 radical (unpaired) electrons. The normalized spacial score (nSPS) is 11.0. The van der Waals surface area contributed by atoms with Gasteiger partial charge in [0.25, 0.3) is 5.91 Å². The van der Waals surface area contributed by atoms with E-state index in [1.54, 1.807) is 0 Å². The van der Waals surface area contributed by atoms with Crippen molar-refractivity contribution in [2.75, 3.05) is 18.5 Å². The van der Waals surface area contributed by atoms with Crippen molar-refractivity contribution >= 4 is 33.5 Å². The van der Waals surface area contributed by atoms with Crippen LogP contribution in [-0.2, 0) is 20.5 Å². The summed E-state index contributed by atoms with van der Waals surface area (Å²) in [5, 5.41) is 2.04. The first kappa shape index (κ1) is 20.7. The van der Waals surface area contributed by atoms with Gasteiger partial charge in [-0.2, -0.15) is 13.2 Å². The zero-order valence-corrected chi connectivity index (χ0v) is 15.1. The topological polar surface area (TPSA) is 64.6 Å². The van der Waals surface area contributed by atoms with E-state index in [1.807, 2.05) is 5.32 Å². The molecular formula is C17H12BrF4NO4. The first-order valence-corrected chi connectivity index (χ1v) is 8.15. The Labute approximate surface area is 159 Å². The van der Waals surface area contributed by atoms with Crippen molar-refractivity contribution in [3.8, 4) is 5.75 Å². The molecule has 0 spiro atoms. The van der Waals surface area contributed by atoms with Crippen LogP contribution in [0.1, 0.15) is 5.56 Å². The summed E-state index contributed by atoms with van der Waals surface area (Å²) in [6.45, 7) is -1.37. The fraction of sp³-hybridized carbons (Fsp3) is 0.176. The van der Waals surface area contributed by atoms with Gasteiger partial charge in [-0.05, 0) is 46.3 Å². The van der Waals surface area contributed by atoms with Crippen LogP contribution in [0.15, 0.2) is 46.9 Å². The number of benzene rings is 2. The monoisotopic (exact) mass is 449 g/mol. The molecule has 27 heavy (non-hydrogen) atoms. The molecule has 0 aliphatic rings. The van der Waals surface area contributed by atoms with Crippen molar-refractivity contribution in [1.29, 1.82) is 0 Å². The van der Waals surface area contributed by atoms with Crippen LogP contribution >= 0.6 is 15.9 Å². The van der Waals surface area contributed by atoms with Crippen LogP contribution in [0.4, 0.5) is 23.2 Å². The van der Waals surface area contributed by atoms with Crippen LogP contribution < -0.4 is 10.1 Å². The van der Waals surface area contributed by atoms with Crippen molar-refractivity contribution in [3.63, 3.8) is 0 Å². The third kappa shape index (κ3) is 6.24. The van der Waals surface area contributed by atoms with Gasteiger partial charge in [0.1, 0.15) is 11.6 Å². The van der Waals surface area contributed by atoms with Crippen molar-refractivity contribution in [2.24, 2.45) is 0 Å². The highest BCUT2D eigenvalue weighted by molar-refractivity contribution is 9.10. The molecule has 0 aliphatic carbocycles. The van der Waals surface area contributed by atoms with E-state index in [4.69, 9.17) is 4.74 Å². The van der Waals surface area contributed by atoms with E-state index in [0.29, 0.717) is 0 Å². The average Bonchev–Trinajstić information content (AvgIpc) is 2.59. The summed E-state index contributed by atoms with van der Waals surface area (Å²) >= 11 is 3.05. The molecule has 0 heterocycles. The predicted octanol–water partition coefficient (Wildman–Crippen LogP) is 4.17. The standard InChI is InChI=1S/C17H12BrF4NO4/c18-12-7-10(19)5-6-14(12)26-9-16(25)27-8-15(24)23-13-4-2-1-3-11(13)17(20,21)22/h1-7H,8-9H2,(H,23,24). The van der Waals surface area contributed by atoms with Crippen LogP contribution in [0.5, 0.6) is 5.75 Å². The number of carbonyl (C=O) groups is 2. The van der Waals surface area contributed by atoms with Gasteiger partial charge in [0, 0.05) is 0 Å². The maximum absolute atomic E-state index is 12.9. The number of halogens is 5. The quantitative estimate of drug-likeness (QED) is 0.530. The van der Waals surface area contributed by atoms with Gasteiger partial charge in [0.2, 0.25) is 0 Å². The third-order valence-electron chi connectivity index (χ3n) is 3.11. The molecule has 0 aliphatic heterocycles. The second-order valence-corrected chi connectivity index (χ2v) is 5.97. The number of esters is 1. The fourth-order valence-corrected chi connectivity index (χ4v) is 2.41. The Morgan fingerprint density at radius 3 is 2.44 bits per heavy atom. The average molecular weight is 450 g/mol. The lowest BCUT2D eigenvalue weighted by molar-refractivity contribution is -0.149. The van der Waals surface area contributed by atoms with Gasteiger partial charge in [-0.3, -0.25) is 4.79 Å². The molecule has 0 bridgehead atoms. The van der Waals surface area contributed by atoms with Crippen molar-refractivity contribution in [3.05, 3.63) is 58.3 Å². The molecule has 10 heteroatoms.